The molecular formula is C13H20BrN5. The van der Waals surface area contributed by atoms with Crippen molar-refractivity contribution in [2.75, 3.05) is 6.54 Å². The van der Waals surface area contributed by atoms with Gasteiger partial charge in [-0.1, -0.05) is 6.92 Å². The standard InChI is InChI=1S/C13H20BrN5/c1-4-6-15-8-11-5-7-19(17-11)9-12-13(14)10(2)16-18(12)3/h5,7,15H,4,6,8-9H2,1-3H3. The van der Waals surface area contributed by atoms with E-state index in [-0.39, 0.29) is 0 Å². The number of hydrogen-bond donors (Lipinski definition) is 1. The van der Waals surface area contributed by atoms with Gasteiger partial charge >= 0.3 is 0 Å². The fourth-order valence-electron chi connectivity index (χ4n) is 1.98. The normalized spacial score (nSPS) is 11.2. The number of hydrogen-bond acceptors (Lipinski definition) is 3. The zero-order chi connectivity index (χ0) is 13.8. The maximum atomic E-state index is 4.56. The van der Waals surface area contributed by atoms with Crippen molar-refractivity contribution in [3.63, 3.8) is 0 Å². The molecule has 5 nitrogen and oxygen atoms in total. The summed E-state index contributed by atoms with van der Waals surface area (Å²) in [6, 6.07) is 2.06. The first-order chi connectivity index (χ1) is 9.11. The average Bonchev–Trinajstić information content (AvgIpc) is 2.91. The van der Waals surface area contributed by atoms with E-state index in [9.17, 15) is 0 Å². The van der Waals surface area contributed by atoms with Gasteiger partial charge in [-0.05, 0) is 41.9 Å². The molecule has 2 heterocycles. The first kappa shape index (κ1) is 14.3. The molecule has 19 heavy (non-hydrogen) atoms. The quantitative estimate of drug-likeness (QED) is 0.828. The highest BCUT2D eigenvalue weighted by atomic mass is 79.9. The lowest BCUT2D eigenvalue weighted by molar-refractivity contribution is 0.597. The fourth-order valence-corrected chi connectivity index (χ4v) is 2.45. The van der Waals surface area contributed by atoms with Crippen LogP contribution in [0.4, 0.5) is 0 Å². The predicted octanol–water partition coefficient (Wildman–Crippen LogP) is 2.24. The third kappa shape index (κ3) is 3.45. The molecule has 1 N–H and O–H groups in total. The number of aromatic nitrogens is 4. The van der Waals surface area contributed by atoms with Gasteiger partial charge in [-0.2, -0.15) is 10.2 Å². The average molecular weight is 326 g/mol. The van der Waals surface area contributed by atoms with Crippen molar-refractivity contribution in [2.24, 2.45) is 7.05 Å². The number of nitrogens with one attached hydrogen (secondary N) is 1. The van der Waals surface area contributed by atoms with E-state index < -0.39 is 0 Å². The molecule has 0 unspecified atom stereocenters. The maximum Gasteiger partial charge on any atom is 0.0839 e. The van der Waals surface area contributed by atoms with E-state index in [0.717, 1.165) is 47.6 Å². The van der Waals surface area contributed by atoms with Gasteiger partial charge in [0.1, 0.15) is 0 Å². The Bertz CT molecular complexity index is 543. The van der Waals surface area contributed by atoms with Crippen molar-refractivity contribution < 1.29 is 0 Å². The van der Waals surface area contributed by atoms with Crippen LogP contribution in [0.5, 0.6) is 0 Å². The Balaban J connectivity index is 2.03. The molecule has 0 atom stereocenters. The molecule has 6 heteroatoms. The van der Waals surface area contributed by atoms with E-state index in [0.29, 0.717) is 0 Å². The van der Waals surface area contributed by atoms with Gasteiger partial charge in [-0.15, -0.1) is 0 Å². The molecule has 0 fully saturated rings. The smallest absolute Gasteiger partial charge is 0.0839 e. The number of nitrogens with zero attached hydrogens (tertiary/aromatic N) is 4. The Morgan fingerprint density at radius 1 is 1.37 bits per heavy atom. The number of halogens is 1. The van der Waals surface area contributed by atoms with Gasteiger partial charge < -0.3 is 5.32 Å². The lowest BCUT2D eigenvalue weighted by Gasteiger charge is -2.04. The molecule has 2 rings (SSSR count). The van der Waals surface area contributed by atoms with Crippen LogP contribution in [0.3, 0.4) is 0 Å². The topological polar surface area (TPSA) is 47.7 Å². The third-order valence-electron chi connectivity index (χ3n) is 3.00. The predicted molar refractivity (Wildman–Crippen MR) is 79.0 cm³/mol. The van der Waals surface area contributed by atoms with Gasteiger partial charge in [-0.3, -0.25) is 9.36 Å². The summed E-state index contributed by atoms with van der Waals surface area (Å²) in [6.45, 7) is 6.74. The second-order valence-electron chi connectivity index (χ2n) is 4.65. The van der Waals surface area contributed by atoms with Crippen molar-refractivity contribution in [1.82, 2.24) is 24.9 Å². The molecule has 0 spiro atoms. The largest absolute Gasteiger partial charge is 0.311 e. The molecule has 0 bridgehead atoms. The molecular weight excluding hydrogens is 306 g/mol. The van der Waals surface area contributed by atoms with Gasteiger partial charge in [0, 0.05) is 19.8 Å². The number of aryl methyl sites for hydroxylation is 2. The third-order valence-corrected chi connectivity index (χ3v) is 4.03. The summed E-state index contributed by atoms with van der Waals surface area (Å²) in [6.07, 6.45) is 3.15. The van der Waals surface area contributed by atoms with Gasteiger partial charge in [0.05, 0.1) is 28.1 Å². The summed E-state index contributed by atoms with van der Waals surface area (Å²) in [5.41, 5.74) is 3.21. The van der Waals surface area contributed by atoms with Crippen LogP contribution in [0.25, 0.3) is 0 Å². The fraction of sp³-hybridized carbons (Fsp3) is 0.538. The first-order valence-electron chi connectivity index (χ1n) is 6.52. The minimum Gasteiger partial charge on any atom is -0.311 e. The van der Waals surface area contributed by atoms with E-state index in [2.05, 4.69) is 44.4 Å². The molecule has 2 aromatic rings. The summed E-state index contributed by atoms with van der Waals surface area (Å²) in [5, 5.41) is 12.3. The Morgan fingerprint density at radius 3 is 2.79 bits per heavy atom. The van der Waals surface area contributed by atoms with Crippen LogP contribution in [0, 0.1) is 6.92 Å². The molecule has 0 aliphatic rings. The van der Waals surface area contributed by atoms with Gasteiger partial charge in [0.15, 0.2) is 0 Å². The monoisotopic (exact) mass is 325 g/mol. The second kappa shape index (κ2) is 6.34. The molecule has 0 radical (unpaired) electrons. The van der Waals surface area contributed by atoms with Crippen molar-refractivity contribution in [1.29, 1.82) is 0 Å². The molecule has 0 saturated carbocycles. The summed E-state index contributed by atoms with van der Waals surface area (Å²) < 4.78 is 4.91. The summed E-state index contributed by atoms with van der Waals surface area (Å²) in [7, 11) is 1.96. The van der Waals surface area contributed by atoms with E-state index in [1.807, 2.05) is 29.5 Å². The van der Waals surface area contributed by atoms with Crippen LogP contribution in [0.1, 0.15) is 30.4 Å². The highest BCUT2D eigenvalue weighted by Gasteiger charge is 2.11. The van der Waals surface area contributed by atoms with Crippen molar-refractivity contribution in [2.45, 2.75) is 33.4 Å². The van der Waals surface area contributed by atoms with Crippen LogP contribution in [0.15, 0.2) is 16.7 Å². The summed E-state index contributed by atoms with van der Waals surface area (Å²) >= 11 is 3.58. The second-order valence-corrected chi connectivity index (χ2v) is 5.44. The molecule has 0 aliphatic carbocycles. The van der Waals surface area contributed by atoms with Crippen molar-refractivity contribution in [3.8, 4) is 0 Å². The minimum absolute atomic E-state index is 0.728. The van der Waals surface area contributed by atoms with Gasteiger partial charge in [0.2, 0.25) is 0 Å². The van der Waals surface area contributed by atoms with E-state index in [1.54, 1.807) is 0 Å². The van der Waals surface area contributed by atoms with Crippen LogP contribution in [-0.2, 0) is 20.1 Å². The first-order valence-corrected chi connectivity index (χ1v) is 7.32. The van der Waals surface area contributed by atoms with Crippen molar-refractivity contribution in [3.05, 3.63) is 33.8 Å². The Labute approximate surface area is 122 Å². The molecule has 2 aromatic heterocycles. The highest BCUT2D eigenvalue weighted by Crippen LogP contribution is 2.20. The zero-order valence-electron chi connectivity index (χ0n) is 11.6. The number of rotatable bonds is 6. The van der Waals surface area contributed by atoms with Crippen molar-refractivity contribution >= 4 is 15.9 Å². The van der Waals surface area contributed by atoms with Gasteiger partial charge in [-0.25, -0.2) is 0 Å². The van der Waals surface area contributed by atoms with Crippen LogP contribution in [-0.4, -0.2) is 26.1 Å². The lowest BCUT2D eigenvalue weighted by atomic mass is 10.3. The van der Waals surface area contributed by atoms with Crippen LogP contribution >= 0.6 is 15.9 Å². The summed E-state index contributed by atoms with van der Waals surface area (Å²) in [5.74, 6) is 0. The molecule has 0 aliphatic heterocycles. The Kier molecular flexibility index (Phi) is 4.76. The maximum absolute atomic E-state index is 4.56. The van der Waals surface area contributed by atoms with Crippen LogP contribution in [0.2, 0.25) is 0 Å². The van der Waals surface area contributed by atoms with E-state index in [1.165, 1.54) is 0 Å². The van der Waals surface area contributed by atoms with Crippen LogP contribution < -0.4 is 5.32 Å². The molecule has 0 amide bonds. The molecule has 0 aromatic carbocycles. The van der Waals surface area contributed by atoms with E-state index in [4.69, 9.17) is 0 Å². The highest BCUT2D eigenvalue weighted by molar-refractivity contribution is 9.10. The molecule has 104 valence electrons. The van der Waals surface area contributed by atoms with Gasteiger partial charge in [0.25, 0.3) is 0 Å². The Hall–Kier alpha value is -1.14. The Morgan fingerprint density at radius 2 is 2.16 bits per heavy atom. The summed E-state index contributed by atoms with van der Waals surface area (Å²) in [4.78, 5) is 0. The van der Waals surface area contributed by atoms with E-state index >= 15 is 0 Å². The minimum atomic E-state index is 0.728. The lowest BCUT2D eigenvalue weighted by Crippen LogP contribution is -2.14. The molecule has 0 saturated heterocycles. The SMILES string of the molecule is CCCNCc1ccn(Cc2c(Br)c(C)nn2C)n1. The zero-order valence-corrected chi connectivity index (χ0v) is 13.2.